The summed E-state index contributed by atoms with van der Waals surface area (Å²) in [7, 11) is -0.572. The minimum atomic E-state index is -0.572. The zero-order valence-corrected chi connectivity index (χ0v) is 12.3. The van der Waals surface area contributed by atoms with E-state index in [1.54, 1.807) is 6.20 Å². The molecule has 0 amide bonds. The van der Waals surface area contributed by atoms with Crippen molar-refractivity contribution < 1.29 is 4.43 Å². The molecule has 90 valence electrons. The minimum Gasteiger partial charge on any atom is -0.415 e. The highest BCUT2D eigenvalue weighted by Crippen LogP contribution is 2.29. The molecule has 2 N–H and O–H groups in total. The van der Waals surface area contributed by atoms with E-state index in [0.717, 1.165) is 5.56 Å². The fourth-order valence-corrected chi connectivity index (χ4v) is 2.26. The largest absolute Gasteiger partial charge is 0.415 e. The maximum atomic E-state index is 6.09. The highest BCUT2D eigenvalue weighted by molar-refractivity contribution is 6.31. The molecule has 0 aliphatic rings. The van der Waals surface area contributed by atoms with Crippen LogP contribution in [0.3, 0.4) is 0 Å². The van der Waals surface area contributed by atoms with Crippen molar-refractivity contribution in [3.63, 3.8) is 0 Å². The first-order chi connectivity index (χ1) is 7.21. The van der Waals surface area contributed by atoms with Crippen molar-refractivity contribution in [2.75, 3.05) is 5.73 Å². The van der Waals surface area contributed by atoms with Gasteiger partial charge in [-0.1, -0.05) is 20.8 Å². The number of anilines is 1. The van der Waals surface area contributed by atoms with Gasteiger partial charge in [0.05, 0.1) is 5.60 Å². The van der Waals surface area contributed by atoms with Gasteiger partial charge in [0.2, 0.25) is 0 Å². The van der Waals surface area contributed by atoms with Crippen LogP contribution in [0.1, 0.15) is 40.2 Å². The third kappa shape index (κ3) is 3.94. The molecular weight excluding hydrogens is 216 g/mol. The predicted molar refractivity (Wildman–Crippen MR) is 71.0 cm³/mol. The van der Waals surface area contributed by atoms with Crippen LogP contribution >= 0.6 is 0 Å². The third-order valence-electron chi connectivity index (χ3n) is 2.34. The maximum absolute atomic E-state index is 6.09. The zero-order valence-electron chi connectivity index (χ0n) is 10.9. The van der Waals surface area contributed by atoms with Crippen molar-refractivity contribution >= 4 is 15.6 Å². The highest BCUT2D eigenvalue weighted by Gasteiger charge is 2.24. The van der Waals surface area contributed by atoms with Gasteiger partial charge in [-0.3, -0.25) is 0 Å². The SMILES string of the molecule is CC(C)(C)[SiH2]OC(C)(C)c1ccnc(N)c1. The molecule has 1 rings (SSSR count). The molecular formula is C12H22N2OSi. The lowest BCUT2D eigenvalue weighted by Gasteiger charge is -2.30. The predicted octanol–water partition coefficient (Wildman–Crippen LogP) is 2.22. The van der Waals surface area contributed by atoms with E-state index in [0.29, 0.717) is 10.9 Å². The molecule has 0 radical (unpaired) electrons. The smallest absolute Gasteiger partial charge is 0.168 e. The second-order valence-electron chi connectivity index (χ2n) is 5.83. The van der Waals surface area contributed by atoms with Crippen molar-refractivity contribution in [3.05, 3.63) is 23.9 Å². The minimum absolute atomic E-state index is 0.267. The van der Waals surface area contributed by atoms with E-state index in [1.165, 1.54) is 0 Å². The van der Waals surface area contributed by atoms with Crippen LogP contribution in [-0.4, -0.2) is 14.7 Å². The molecule has 0 spiro atoms. The highest BCUT2D eigenvalue weighted by atomic mass is 28.2. The lowest BCUT2D eigenvalue weighted by atomic mass is 10.00. The van der Waals surface area contributed by atoms with Gasteiger partial charge in [-0.2, -0.15) is 0 Å². The average molecular weight is 238 g/mol. The second kappa shape index (κ2) is 4.55. The molecule has 0 aromatic carbocycles. The summed E-state index contributed by atoms with van der Waals surface area (Å²) in [5.74, 6) is 0.548. The van der Waals surface area contributed by atoms with Crippen molar-refractivity contribution in [3.8, 4) is 0 Å². The Labute approximate surface area is 100 Å². The third-order valence-corrected chi connectivity index (χ3v) is 4.07. The van der Waals surface area contributed by atoms with Crippen LogP contribution in [0.15, 0.2) is 18.3 Å². The molecule has 3 nitrogen and oxygen atoms in total. The van der Waals surface area contributed by atoms with Gasteiger partial charge in [0.25, 0.3) is 0 Å². The van der Waals surface area contributed by atoms with Crippen molar-refractivity contribution in [2.45, 2.75) is 45.3 Å². The fraction of sp³-hybridized carbons (Fsp3) is 0.583. The Kier molecular flexibility index (Phi) is 3.75. The van der Waals surface area contributed by atoms with E-state index in [1.807, 2.05) is 12.1 Å². The van der Waals surface area contributed by atoms with Gasteiger partial charge >= 0.3 is 0 Å². The monoisotopic (exact) mass is 238 g/mol. The number of pyridine rings is 1. The van der Waals surface area contributed by atoms with E-state index >= 15 is 0 Å². The lowest BCUT2D eigenvalue weighted by Crippen LogP contribution is -2.27. The summed E-state index contributed by atoms with van der Waals surface area (Å²) in [5.41, 5.74) is 6.51. The molecule has 0 saturated carbocycles. The lowest BCUT2D eigenvalue weighted by molar-refractivity contribution is 0.109. The number of aromatic nitrogens is 1. The average Bonchev–Trinajstić information content (AvgIpc) is 2.14. The Balaban J connectivity index is 2.77. The Morgan fingerprint density at radius 1 is 1.25 bits per heavy atom. The fourth-order valence-electron chi connectivity index (χ4n) is 1.30. The molecule has 1 aromatic rings. The maximum Gasteiger partial charge on any atom is 0.168 e. The van der Waals surface area contributed by atoms with Crippen LogP contribution in [0.4, 0.5) is 5.82 Å². The van der Waals surface area contributed by atoms with Gasteiger partial charge in [0.1, 0.15) is 5.82 Å². The Morgan fingerprint density at radius 3 is 2.38 bits per heavy atom. The van der Waals surface area contributed by atoms with Crippen LogP contribution in [0.5, 0.6) is 0 Å². The van der Waals surface area contributed by atoms with Gasteiger partial charge < -0.3 is 10.2 Å². The molecule has 16 heavy (non-hydrogen) atoms. The first kappa shape index (κ1) is 13.2. The zero-order chi connectivity index (χ0) is 12.4. The number of nitrogens with two attached hydrogens (primary N) is 1. The summed E-state index contributed by atoms with van der Waals surface area (Å²) in [6, 6.07) is 3.85. The van der Waals surface area contributed by atoms with Gasteiger partial charge in [-0.05, 0) is 36.6 Å². The van der Waals surface area contributed by atoms with Crippen LogP contribution in [0, 0.1) is 0 Å². The molecule has 0 fully saturated rings. The molecule has 0 atom stereocenters. The summed E-state index contributed by atoms with van der Waals surface area (Å²) in [4.78, 5) is 4.00. The molecule has 0 saturated heterocycles. The standard InChI is InChI=1S/C12H22N2OSi/c1-11(2,3)16-15-12(4,5)9-6-7-14-10(13)8-9/h6-8H,16H2,1-5H3,(H2,13,14). The van der Waals surface area contributed by atoms with E-state index in [-0.39, 0.29) is 5.60 Å². The first-order valence-electron chi connectivity index (χ1n) is 5.57. The normalized spacial score (nSPS) is 13.6. The Bertz CT molecular complexity index is 358. The number of nitrogen functional groups attached to an aromatic ring is 1. The Morgan fingerprint density at radius 2 is 1.88 bits per heavy atom. The van der Waals surface area contributed by atoms with Crippen LogP contribution < -0.4 is 5.73 Å². The molecule has 1 aromatic heterocycles. The summed E-state index contributed by atoms with van der Waals surface area (Å²) in [6.07, 6.45) is 1.73. The number of rotatable bonds is 3. The number of nitrogens with zero attached hydrogens (tertiary/aromatic N) is 1. The van der Waals surface area contributed by atoms with Crippen molar-refractivity contribution in [2.24, 2.45) is 0 Å². The second-order valence-corrected chi connectivity index (χ2v) is 8.53. The molecule has 0 unspecified atom stereocenters. The molecule has 0 aliphatic carbocycles. The quantitative estimate of drug-likeness (QED) is 0.821. The summed E-state index contributed by atoms with van der Waals surface area (Å²) in [5, 5.41) is 0.301. The topological polar surface area (TPSA) is 48.1 Å². The van der Waals surface area contributed by atoms with Crippen LogP contribution in [-0.2, 0) is 10.0 Å². The van der Waals surface area contributed by atoms with E-state index in [9.17, 15) is 0 Å². The van der Waals surface area contributed by atoms with Gasteiger partial charge in [-0.15, -0.1) is 0 Å². The summed E-state index contributed by atoms with van der Waals surface area (Å²) < 4.78 is 6.09. The molecule has 4 heteroatoms. The van der Waals surface area contributed by atoms with Gasteiger partial charge in [0.15, 0.2) is 9.76 Å². The molecule has 0 bridgehead atoms. The number of hydrogen-bond acceptors (Lipinski definition) is 3. The summed E-state index contributed by atoms with van der Waals surface area (Å²) in [6.45, 7) is 10.8. The van der Waals surface area contributed by atoms with Crippen molar-refractivity contribution in [1.29, 1.82) is 0 Å². The van der Waals surface area contributed by atoms with Gasteiger partial charge in [-0.25, -0.2) is 4.98 Å². The first-order valence-corrected chi connectivity index (χ1v) is 6.85. The van der Waals surface area contributed by atoms with E-state index < -0.39 is 9.76 Å². The molecule has 1 heterocycles. The van der Waals surface area contributed by atoms with Crippen molar-refractivity contribution in [1.82, 2.24) is 4.98 Å². The Hall–Kier alpha value is -0.873. The van der Waals surface area contributed by atoms with Gasteiger partial charge in [0, 0.05) is 6.20 Å². The van der Waals surface area contributed by atoms with E-state index in [4.69, 9.17) is 10.2 Å². The van der Waals surface area contributed by atoms with Crippen LogP contribution in [0.2, 0.25) is 5.04 Å². The number of hydrogen-bond donors (Lipinski definition) is 1. The van der Waals surface area contributed by atoms with E-state index in [2.05, 4.69) is 39.6 Å². The van der Waals surface area contributed by atoms with Crippen LogP contribution in [0.25, 0.3) is 0 Å². The molecule has 0 aliphatic heterocycles. The summed E-state index contributed by atoms with van der Waals surface area (Å²) >= 11 is 0.